The largest absolute Gasteiger partial charge is 0.370 e. The van der Waals surface area contributed by atoms with Gasteiger partial charge in [0.25, 0.3) is 0 Å². The molecule has 15 heavy (non-hydrogen) atoms. The number of hydrogen-bond acceptors (Lipinski definition) is 3. The minimum absolute atomic E-state index is 0.0423. The van der Waals surface area contributed by atoms with Crippen LogP contribution in [-0.2, 0) is 11.8 Å². The molecule has 0 N–H and O–H groups in total. The van der Waals surface area contributed by atoms with Crippen LogP contribution in [0.3, 0.4) is 0 Å². The van der Waals surface area contributed by atoms with E-state index in [1.807, 2.05) is 27.8 Å². The summed E-state index contributed by atoms with van der Waals surface area (Å²) in [5.74, 6) is 0.579. The van der Waals surface area contributed by atoms with Crippen molar-refractivity contribution in [2.24, 2.45) is 13.0 Å². The lowest BCUT2D eigenvalue weighted by Gasteiger charge is -2.18. The zero-order valence-corrected chi connectivity index (χ0v) is 9.73. The molecule has 0 saturated carbocycles. The fourth-order valence-corrected chi connectivity index (χ4v) is 1.48. The van der Waals surface area contributed by atoms with Crippen molar-refractivity contribution < 1.29 is 9.53 Å². The molecular weight excluding hydrogens is 192 g/mol. The first kappa shape index (κ1) is 11.9. The van der Waals surface area contributed by atoms with Crippen LogP contribution in [0, 0.1) is 5.92 Å². The van der Waals surface area contributed by atoms with Gasteiger partial charge in [0.1, 0.15) is 6.10 Å². The summed E-state index contributed by atoms with van der Waals surface area (Å²) < 4.78 is 7.16. The Morgan fingerprint density at radius 3 is 2.67 bits per heavy atom. The van der Waals surface area contributed by atoms with Crippen molar-refractivity contribution in [2.75, 3.05) is 6.61 Å². The highest BCUT2D eigenvalue weighted by molar-refractivity contribution is 5.96. The number of nitrogens with zero attached hydrogens (tertiary/aromatic N) is 2. The standard InChI is InChI=1S/C11H18N2O2/c1-5-15-10(8(2)3)9(14)11-12-6-7-13(11)4/h6-8,10H,5H2,1-4H3. The van der Waals surface area contributed by atoms with E-state index in [2.05, 4.69) is 4.98 Å². The zero-order chi connectivity index (χ0) is 11.4. The molecule has 0 fully saturated rings. The van der Waals surface area contributed by atoms with Gasteiger partial charge in [-0.2, -0.15) is 0 Å². The molecule has 0 bridgehead atoms. The highest BCUT2D eigenvalue weighted by Crippen LogP contribution is 2.12. The fourth-order valence-electron chi connectivity index (χ4n) is 1.48. The SMILES string of the molecule is CCOC(C(=O)c1nccn1C)C(C)C. The third kappa shape index (κ3) is 2.65. The van der Waals surface area contributed by atoms with Crippen LogP contribution in [-0.4, -0.2) is 28.0 Å². The number of carbonyl (C=O) groups is 1. The second kappa shape index (κ2) is 5.07. The Labute approximate surface area is 90.3 Å². The van der Waals surface area contributed by atoms with E-state index in [0.29, 0.717) is 12.4 Å². The molecule has 1 atom stereocenters. The van der Waals surface area contributed by atoms with E-state index in [1.54, 1.807) is 17.0 Å². The molecule has 0 aliphatic rings. The fraction of sp³-hybridized carbons (Fsp3) is 0.636. The van der Waals surface area contributed by atoms with Crippen LogP contribution < -0.4 is 0 Å². The molecule has 0 radical (unpaired) electrons. The van der Waals surface area contributed by atoms with E-state index in [0.717, 1.165) is 0 Å². The van der Waals surface area contributed by atoms with E-state index < -0.39 is 6.10 Å². The van der Waals surface area contributed by atoms with Crippen molar-refractivity contribution in [1.82, 2.24) is 9.55 Å². The summed E-state index contributed by atoms with van der Waals surface area (Å²) >= 11 is 0. The average molecular weight is 210 g/mol. The molecule has 1 unspecified atom stereocenters. The smallest absolute Gasteiger partial charge is 0.227 e. The predicted molar refractivity (Wildman–Crippen MR) is 57.8 cm³/mol. The summed E-state index contributed by atoms with van der Waals surface area (Å²) in [6.45, 7) is 6.38. The van der Waals surface area contributed by atoms with Gasteiger partial charge in [-0.1, -0.05) is 13.8 Å². The summed E-state index contributed by atoms with van der Waals surface area (Å²) in [4.78, 5) is 16.1. The first-order valence-corrected chi connectivity index (χ1v) is 5.21. The maximum atomic E-state index is 12.0. The van der Waals surface area contributed by atoms with E-state index in [9.17, 15) is 4.79 Å². The van der Waals surface area contributed by atoms with Crippen molar-refractivity contribution in [3.63, 3.8) is 0 Å². The molecule has 0 aliphatic carbocycles. The number of aryl methyl sites for hydroxylation is 1. The molecule has 0 amide bonds. The number of carbonyl (C=O) groups excluding carboxylic acids is 1. The molecule has 1 aromatic rings. The van der Waals surface area contributed by atoms with Crippen molar-refractivity contribution in [3.05, 3.63) is 18.2 Å². The topological polar surface area (TPSA) is 44.1 Å². The number of ketones is 1. The number of rotatable bonds is 5. The van der Waals surface area contributed by atoms with Gasteiger partial charge in [-0.05, 0) is 12.8 Å². The number of ether oxygens (including phenoxy) is 1. The molecule has 4 nitrogen and oxygen atoms in total. The summed E-state index contributed by atoms with van der Waals surface area (Å²) in [6.07, 6.45) is 2.99. The molecule has 1 aromatic heterocycles. The number of aromatic nitrogens is 2. The quantitative estimate of drug-likeness (QED) is 0.694. The van der Waals surface area contributed by atoms with Gasteiger partial charge in [-0.15, -0.1) is 0 Å². The third-order valence-electron chi connectivity index (χ3n) is 2.25. The number of hydrogen-bond donors (Lipinski definition) is 0. The van der Waals surface area contributed by atoms with Gasteiger partial charge in [0.2, 0.25) is 5.78 Å². The van der Waals surface area contributed by atoms with Gasteiger partial charge >= 0.3 is 0 Å². The van der Waals surface area contributed by atoms with Gasteiger partial charge in [-0.3, -0.25) is 4.79 Å². The Bertz CT molecular complexity index is 331. The van der Waals surface area contributed by atoms with Gasteiger partial charge in [0.15, 0.2) is 5.82 Å². The maximum Gasteiger partial charge on any atom is 0.227 e. The second-order valence-electron chi connectivity index (χ2n) is 3.85. The summed E-state index contributed by atoms with van der Waals surface area (Å²) in [5.41, 5.74) is 0. The zero-order valence-electron chi connectivity index (χ0n) is 9.73. The lowest BCUT2D eigenvalue weighted by Crippen LogP contribution is -2.31. The first-order valence-electron chi connectivity index (χ1n) is 5.21. The van der Waals surface area contributed by atoms with Gasteiger partial charge in [0, 0.05) is 26.0 Å². The summed E-state index contributed by atoms with van der Waals surface area (Å²) in [5, 5.41) is 0. The Hall–Kier alpha value is -1.16. The second-order valence-corrected chi connectivity index (χ2v) is 3.85. The highest BCUT2D eigenvalue weighted by Gasteiger charge is 2.26. The first-order chi connectivity index (χ1) is 7.07. The Morgan fingerprint density at radius 1 is 1.60 bits per heavy atom. The molecule has 1 rings (SSSR count). The van der Waals surface area contributed by atoms with E-state index >= 15 is 0 Å². The lowest BCUT2D eigenvalue weighted by atomic mass is 10.0. The third-order valence-corrected chi connectivity index (χ3v) is 2.25. The molecule has 0 aromatic carbocycles. The van der Waals surface area contributed by atoms with Crippen LogP contribution in [0.15, 0.2) is 12.4 Å². The van der Waals surface area contributed by atoms with Gasteiger partial charge in [0.05, 0.1) is 0 Å². The predicted octanol–water partition coefficient (Wildman–Crippen LogP) is 1.66. The minimum atomic E-state index is -0.393. The van der Waals surface area contributed by atoms with E-state index in [4.69, 9.17) is 4.74 Å². The monoisotopic (exact) mass is 210 g/mol. The number of Topliss-reactive ketones (excluding diaryl/α,β-unsaturated/α-hetero) is 1. The molecule has 4 heteroatoms. The van der Waals surface area contributed by atoms with Crippen LogP contribution in [0.1, 0.15) is 31.4 Å². The van der Waals surface area contributed by atoms with Crippen molar-refractivity contribution >= 4 is 5.78 Å². The number of imidazole rings is 1. The highest BCUT2D eigenvalue weighted by atomic mass is 16.5. The van der Waals surface area contributed by atoms with E-state index in [-0.39, 0.29) is 11.7 Å². The Balaban J connectivity index is 2.86. The molecule has 1 heterocycles. The summed E-state index contributed by atoms with van der Waals surface area (Å²) in [6, 6.07) is 0. The van der Waals surface area contributed by atoms with Gasteiger partial charge < -0.3 is 9.30 Å². The molecule has 0 spiro atoms. The lowest BCUT2D eigenvalue weighted by molar-refractivity contribution is 0.0268. The van der Waals surface area contributed by atoms with Crippen molar-refractivity contribution in [3.8, 4) is 0 Å². The van der Waals surface area contributed by atoms with Crippen LogP contribution >= 0.6 is 0 Å². The average Bonchev–Trinajstić information content (AvgIpc) is 2.59. The molecular formula is C11H18N2O2. The normalized spacial score (nSPS) is 13.1. The van der Waals surface area contributed by atoms with Crippen LogP contribution in [0.25, 0.3) is 0 Å². The maximum absolute atomic E-state index is 12.0. The van der Waals surface area contributed by atoms with Gasteiger partial charge in [-0.25, -0.2) is 4.98 Å². The Kier molecular flexibility index (Phi) is 4.03. The van der Waals surface area contributed by atoms with Crippen LogP contribution in [0.4, 0.5) is 0 Å². The summed E-state index contributed by atoms with van der Waals surface area (Å²) in [7, 11) is 1.81. The van der Waals surface area contributed by atoms with E-state index in [1.165, 1.54) is 0 Å². The molecule has 0 aliphatic heterocycles. The Morgan fingerprint density at radius 2 is 2.27 bits per heavy atom. The molecule has 0 saturated heterocycles. The van der Waals surface area contributed by atoms with Crippen LogP contribution in [0.5, 0.6) is 0 Å². The van der Waals surface area contributed by atoms with Crippen LogP contribution in [0.2, 0.25) is 0 Å². The molecule has 84 valence electrons. The minimum Gasteiger partial charge on any atom is -0.370 e. The van der Waals surface area contributed by atoms with Crippen molar-refractivity contribution in [2.45, 2.75) is 26.9 Å². The van der Waals surface area contributed by atoms with Crippen molar-refractivity contribution in [1.29, 1.82) is 0 Å².